The molecule has 0 radical (unpaired) electrons. The Morgan fingerprint density at radius 1 is 1.00 bits per heavy atom. The summed E-state index contributed by atoms with van der Waals surface area (Å²) in [5, 5.41) is 28.2. The summed E-state index contributed by atoms with van der Waals surface area (Å²) in [5.41, 5.74) is 1.35. The Bertz CT molecular complexity index is 777. The Hall–Kier alpha value is -3.34. The fourth-order valence-corrected chi connectivity index (χ4v) is 1.72. The van der Waals surface area contributed by atoms with E-state index < -0.39 is 5.78 Å². The monoisotopic (exact) mass is 309 g/mol. The number of aliphatic hydroxyl groups excluding tert-OH is 1. The number of carbonyl (C=O) groups excluding carboxylic acids is 1. The van der Waals surface area contributed by atoms with Crippen molar-refractivity contribution in [2.24, 2.45) is 0 Å². The number of benzene rings is 1. The third-order valence-corrected chi connectivity index (χ3v) is 2.86. The van der Waals surface area contributed by atoms with E-state index in [0.717, 1.165) is 11.6 Å². The van der Waals surface area contributed by atoms with E-state index >= 15 is 0 Å². The normalized spacial score (nSPS) is 12.1. The molecule has 2 rings (SSSR count). The van der Waals surface area contributed by atoms with Gasteiger partial charge in [-0.05, 0) is 47.6 Å². The number of rotatable bonds is 5. The zero-order valence-electron chi connectivity index (χ0n) is 12.1. The van der Waals surface area contributed by atoms with Crippen LogP contribution in [-0.4, -0.2) is 26.1 Å². The van der Waals surface area contributed by atoms with E-state index in [1.54, 1.807) is 30.6 Å². The largest absolute Gasteiger partial charge is 0.508 e. The average molecular weight is 309 g/mol. The highest BCUT2D eigenvalue weighted by Gasteiger charge is 1.99. The number of phenolic OH excluding ortho intramolecular Hbond substituents is 2. The van der Waals surface area contributed by atoms with E-state index in [1.807, 2.05) is 6.07 Å². The van der Waals surface area contributed by atoms with Gasteiger partial charge in [-0.1, -0.05) is 18.2 Å². The van der Waals surface area contributed by atoms with Crippen LogP contribution >= 0.6 is 0 Å². The molecule has 0 aliphatic carbocycles. The second-order valence-corrected chi connectivity index (χ2v) is 4.67. The van der Waals surface area contributed by atoms with Crippen molar-refractivity contribution >= 4 is 17.9 Å². The van der Waals surface area contributed by atoms with Crippen molar-refractivity contribution in [2.45, 2.75) is 0 Å². The number of hydrogen-bond acceptors (Lipinski definition) is 5. The van der Waals surface area contributed by atoms with E-state index in [2.05, 4.69) is 4.98 Å². The summed E-state index contributed by atoms with van der Waals surface area (Å²) in [7, 11) is 0. The number of carbonyl (C=O) groups is 1. The highest BCUT2D eigenvalue weighted by Crippen LogP contribution is 2.25. The fourth-order valence-electron chi connectivity index (χ4n) is 1.72. The van der Waals surface area contributed by atoms with Crippen molar-refractivity contribution in [3.63, 3.8) is 0 Å². The van der Waals surface area contributed by atoms with Crippen LogP contribution in [0.15, 0.2) is 66.7 Å². The number of nitrogens with zero attached hydrogens (tertiary/aromatic N) is 1. The lowest BCUT2D eigenvalue weighted by Gasteiger charge is -1.98. The maximum atomic E-state index is 11.7. The molecule has 116 valence electrons. The van der Waals surface area contributed by atoms with Gasteiger partial charge >= 0.3 is 0 Å². The van der Waals surface area contributed by atoms with Crippen molar-refractivity contribution in [3.05, 3.63) is 77.8 Å². The number of phenols is 2. The first kappa shape index (κ1) is 16.0. The van der Waals surface area contributed by atoms with Crippen LogP contribution in [-0.2, 0) is 4.79 Å². The van der Waals surface area contributed by atoms with E-state index in [1.165, 1.54) is 30.4 Å². The number of allylic oxidation sites excluding steroid dienone is 3. The third-order valence-electron chi connectivity index (χ3n) is 2.86. The molecule has 3 N–H and O–H groups in total. The van der Waals surface area contributed by atoms with E-state index in [9.17, 15) is 20.1 Å². The van der Waals surface area contributed by atoms with Gasteiger partial charge in [-0.2, -0.15) is 0 Å². The number of aromatic hydroxyl groups is 2. The smallest absolute Gasteiger partial charge is 0.182 e. The van der Waals surface area contributed by atoms with Crippen molar-refractivity contribution in [2.75, 3.05) is 0 Å². The molecular formula is C18H15NO4. The topological polar surface area (TPSA) is 90.7 Å². The standard InChI is InChI=1S/C18H15NO4/c20-15(6-3-13-5-8-17(22)18(23)10-13)11-16(21)7-4-14-2-1-9-19-12-14/h1-12,21-23H/b6-3+,7-4+,16-11-. The first-order valence-corrected chi connectivity index (χ1v) is 6.77. The molecule has 5 nitrogen and oxygen atoms in total. The minimum absolute atomic E-state index is 0.183. The van der Waals surface area contributed by atoms with Gasteiger partial charge in [0.05, 0.1) is 0 Å². The van der Waals surface area contributed by atoms with Crippen LogP contribution in [0.5, 0.6) is 11.5 Å². The maximum absolute atomic E-state index is 11.7. The molecule has 5 heteroatoms. The zero-order chi connectivity index (χ0) is 16.7. The molecule has 23 heavy (non-hydrogen) atoms. The Balaban J connectivity index is 2.01. The van der Waals surface area contributed by atoms with Gasteiger partial charge in [-0.15, -0.1) is 0 Å². The molecule has 1 heterocycles. The van der Waals surface area contributed by atoms with Crippen LogP contribution < -0.4 is 0 Å². The molecule has 0 aliphatic rings. The summed E-state index contributed by atoms with van der Waals surface area (Å²) in [6, 6.07) is 7.77. The Morgan fingerprint density at radius 3 is 2.48 bits per heavy atom. The van der Waals surface area contributed by atoms with Gasteiger partial charge in [0.25, 0.3) is 0 Å². The SMILES string of the molecule is O=C(/C=C(O)/C=C/c1cccnc1)/C=C/c1ccc(O)c(O)c1. The van der Waals surface area contributed by atoms with Gasteiger partial charge in [-0.3, -0.25) is 9.78 Å². The summed E-state index contributed by atoms with van der Waals surface area (Å²) in [6.45, 7) is 0. The maximum Gasteiger partial charge on any atom is 0.182 e. The lowest BCUT2D eigenvalue weighted by atomic mass is 10.1. The summed E-state index contributed by atoms with van der Waals surface area (Å²) in [6.07, 6.45) is 10.1. The molecule has 0 amide bonds. The first-order valence-electron chi connectivity index (χ1n) is 6.77. The molecule has 0 aliphatic heterocycles. The van der Waals surface area contributed by atoms with Crippen LogP contribution in [0.1, 0.15) is 11.1 Å². The minimum atomic E-state index is -0.411. The van der Waals surface area contributed by atoms with E-state index in [-0.39, 0.29) is 17.3 Å². The molecule has 0 atom stereocenters. The van der Waals surface area contributed by atoms with Crippen LogP contribution in [0.3, 0.4) is 0 Å². The predicted octanol–water partition coefficient (Wildman–Crippen LogP) is 3.23. The Labute approximate surface area is 133 Å². The fraction of sp³-hybridized carbons (Fsp3) is 0. The van der Waals surface area contributed by atoms with Gasteiger partial charge in [0.2, 0.25) is 0 Å². The van der Waals surface area contributed by atoms with Crippen LogP contribution in [0.2, 0.25) is 0 Å². The lowest BCUT2D eigenvalue weighted by Crippen LogP contribution is -1.88. The van der Waals surface area contributed by atoms with E-state index in [0.29, 0.717) is 5.56 Å². The predicted molar refractivity (Wildman–Crippen MR) is 87.8 cm³/mol. The molecule has 0 fully saturated rings. The lowest BCUT2D eigenvalue weighted by molar-refractivity contribution is -0.110. The molecule has 0 spiro atoms. The molecule has 1 aromatic heterocycles. The zero-order valence-corrected chi connectivity index (χ0v) is 12.1. The third kappa shape index (κ3) is 5.17. The number of aliphatic hydroxyl groups is 1. The summed E-state index contributed by atoms with van der Waals surface area (Å²) in [4.78, 5) is 15.6. The van der Waals surface area contributed by atoms with Gasteiger partial charge in [0, 0.05) is 18.5 Å². The van der Waals surface area contributed by atoms with Crippen molar-refractivity contribution in [1.29, 1.82) is 0 Å². The van der Waals surface area contributed by atoms with Crippen LogP contribution in [0.25, 0.3) is 12.2 Å². The van der Waals surface area contributed by atoms with Gasteiger partial charge in [-0.25, -0.2) is 0 Å². The highest BCUT2D eigenvalue weighted by atomic mass is 16.3. The minimum Gasteiger partial charge on any atom is -0.508 e. The van der Waals surface area contributed by atoms with Crippen molar-refractivity contribution in [1.82, 2.24) is 4.98 Å². The van der Waals surface area contributed by atoms with Gasteiger partial charge in [0.1, 0.15) is 5.76 Å². The Morgan fingerprint density at radius 2 is 1.78 bits per heavy atom. The van der Waals surface area contributed by atoms with Crippen LogP contribution in [0, 0.1) is 0 Å². The van der Waals surface area contributed by atoms with Gasteiger partial charge in [0.15, 0.2) is 17.3 Å². The molecule has 0 saturated heterocycles. The van der Waals surface area contributed by atoms with Crippen molar-refractivity contribution in [3.8, 4) is 11.5 Å². The molecular weight excluding hydrogens is 294 g/mol. The number of pyridine rings is 1. The number of ketones is 1. The number of aromatic nitrogens is 1. The molecule has 0 saturated carbocycles. The quantitative estimate of drug-likeness (QED) is 0.341. The second kappa shape index (κ2) is 7.61. The molecule has 0 unspecified atom stereocenters. The summed E-state index contributed by atoms with van der Waals surface area (Å²) < 4.78 is 0. The summed E-state index contributed by atoms with van der Waals surface area (Å²) >= 11 is 0. The van der Waals surface area contributed by atoms with Crippen molar-refractivity contribution < 1.29 is 20.1 Å². The van der Waals surface area contributed by atoms with Gasteiger partial charge < -0.3 is 15.3 Å². The molecule has 2 aromatic rings. The summed E-state index contributed by atoms with van der Waals surface area (Å²) in [5.74, 6) is -1.09. The Kier molecular flexibility index (Phi) is 5.30. The van der Waals surface area contributed by atoms with E-state index in [4.69, 9.17) is 0 Å². The van der Waals surface area contributed by atoms with Crippen LogP contribution in [0.4, 0.5) is 0 Å². The first-order chi connectivity index (χ1) is 11.0. The average Bonchev–Trinajstić information content (AvgIpc) is 2.55. The number of hydrogen-bond donors (Lipinski definition) is 3. The molecule has 0 bridgehead atoms. The molecule has 1 aromatic carbocycles. The highest BCUT2D eigenvalue weighted by molar-refractivity contribution is 6.02. The second-order valence-electron chi connectivity index (χ2n) is 4.67.